The van der Waals surface area contributed by atoms with Crippen molar-refractivity contribution in [2.45, 2.75) is 50.9 Å². The molecule has 164 valence electrons. The van der Waals surface area contributed by atoms with Crippen LogP contribution in [0.25, 0.3) is 10.9 Å². The molecular weight excluding hydrogens is 388 g/mol. The van der Waals surface area contributed by atoms with E-state index in [-0.39, 0.29) is 31.8 Å². The van der Waals surface area contributed by atoms with Crippen LogP contribution in [0.3, 0.4) is 0 Å². The Morgan fingerprint density at radius 2 is 1.77 bits per heavy atom. The average molecular weight is 420 g/mol. The Kier molecular flexibility index (Phi) is 6.56. The number of nitrogens with one attached hydrogen (secondary N) is 1. The first-order valence-electron chi connectivity index (χ1n) is 11.2. The van der Waals surface area contributed by atoms with Crippen molar-refractivity contribution in [3.05, 3.63) is 30.0 Å². The van der Waals surface area contributed by atoms with Gasteiger partial charge in [-0.1, -0.05) is 12.8 Å². The van der Waals surface area contributed by atoms with Gasteiger partial charge in [0.1, 0.15) is 11.4 Å². The van der Waals surface area contributed by atoms with Crippen LogP contribution >= 0.6 is 0 Å². The molecule has 0 unspecified atom stereocenters. The summed E-state index contributed by atoms with van der Waals surface area (Å²) in [6.07, 6.45) is 5.74. The van der Waals surface area contributed by atoms with Crippen molar-refractivity contribution in [1.29, 1.82) is 0 Å². The highest BCUT2D eigenvalue weighted by atomic mass is 19.3. The molecule has 30 heavy (non-hydrogen) atoms. The molecule has 0 spiro atoms. The van der Waals surface area contributed by atoms with Crippen LogP contribution in [0.2, 0.25) is 0 Å². The van der Waals surface area contributed by atoms with Crippen LogP contribution in [-0.2, 0) is 0 Å². The second-order valence-corrected chi connectivity index (χ2v) is 8.54. The lowest BCUT2D eigenvalue weighted by Crippen LogP contribution is -2.42. The standard InChI is InChI=1S/C23H31F2N3O2/c24-23(25)8-13-28(14-9-23)22(29)21-17-18-16-19(6-7-20(18)26-21)30-15-5-12-27-10-3-1-2-4-11-27/h6-7,16-17,26H,1-5,8-15H2. The zero-order valence-electron chi connectivity index (χ0n) is 17.5. The number of hydrogen-bond donors (Lipinski definition) is 1. The van der Waals surface area contributed by atoms with Gasteiger partial charge in [-0.2, -0.15) is 0 Å². The number of aromatic amines is 1. The summed E-state index contributed by atoms with van der Waals surface area (Å²) in [5.41, 5.74) is 1.28. The van der Waals surface area contributed by atoms with Gasteiger partial charge >= 0.3 is 0 Å². The van der Waals surface area contributed by atoms with Gasteiger partial charge in [0.25, 0.3) is 11.8 Å². The molecule has 0 saturated carbocycles. The Labute approximate surface area is 176 Å². The molecule has 0 aliphatic carbocycles. The molecule has 0 radical (unpaired) electrons. The van der Waals surface area contributed by atoms with Crippen molar-refractivity contribution in [2.24, 2.45) is 0 Å². The lowest BCUT2D eigenvalue weighted by atomic mass is 10.1. The van der Waals surface area contributed by atoms with Crippen LogP contribution < -0.4 is 4.74 Å². The molecule has 2 aromatic rings. The zero-order chi connectivity index (χ0) is 21.0. The molecule has 0 atom stereocenters. The van der Waals surface area contributed by atoms with E-state index in [9.17, 15) is 13.6 Å². The van der Waals surface area contributed by atoms with Crippen molar-refractivity contribution in [1.82, 2.24) is 14.8 Å². The third kappa shape index (κ3) is 5.31. The van der Waals surface area contributed by atoms with Crippen LogP contribution in [0.1, 0.15) is 55.4 Å². The first kappa shape index (κ1) is 21.1. The van der Waals surface area contributed by atoms with Gasteiger partial charge in [0.2, 0.25) is 0 Å². The number of nitrogens with zero attached hydrogens (tertiary/aromatic N) is 2. The normalized spacial score (nSPS) is 20.3. The second kappa shape index (κ2) is 9.33. The highest BCUT2D eigenvalue weighted by Crippen LogP contribution is 2.29. The number of carbonyl (C=O) groups excluding carboxylic acids is 1. The summed E-state index contributed by atoms with van der Waals surface area (Å²) >= 11 is 0. The first-order chi connectivity index (χ1) is 14.5. The van der Waals surface area contributed by atoms with Gasteiger partial charge in [-0.15, -0.1) is 0 Å². The number of piperidine rings is 1. The number of carbonyl (C=O) groups is 1. The van der Waals surface area contributed by atoms with Crippen LogP contribution in [0, 0.1) is 0 Å². The van der Waals surface area contributed by atoms with Gasteiger partial charge in [0.05, 0.1) is 6.61 Å². The van der Waals surface area contributed by atoms with Gasteiger partial charge in [0, 0.05) is 43.4 Å². The number of ether oxygens (including phenoxy) is 1. The van der Waals surface area contributed by atoms with Crippen LogP contribution in [0.5, 0.6) is 5.75 Å². The number of rotatable bonds is 6. The fourth-order valence-corrected chi connectivity index (χ4v) is 4.36. The summed E-state index contributed by atoms with van der Waals surface area (Å²) in [6.45, 7) is 4.31. The van der Waals surface area contributed by atoms with Crippen molar-refractivity contribution < 1.29 is 18.3 Å². The summed E-state index contributed by atoms with van der Waals surface area (Å²) in [7, 11) is 0. The molecule has 2 aliphatic rings. The van der Waals surface area contributed by atoms with Gasteiger partial charge < -0.3 is 19.5 Å². The van der Waals surface area contributed by atoms with Gasteiger partial charge in [-0.25, -0.2) is 8.78 Å². The number of halogens is 2. The number of benzene rings is 1. The van der Waals surface area contributed by atoms with E-state index in [0.717, 1.165) is 29.6 Å². The topological polar surface area (TPSA) is 48.6 Å². The molecule has 7 heteroatoms. The highest BCUT2D eigenvalue weighted by Gasteiger charge is 2.36. The molecule has 0 bridgehead atoms. The Morgan fingerprint density at radius 1 is 1.03 bits per heavy atom. The maximum atomic E-state index is 13.3. The molecule has 2 fully saturated rings. The fraction of sp³-hybridized carbons (Fsp3) is 0.609. The predicted octanol–water partition coefficient (Wildman–Crippen LogP) is 4.68. The van der Waals surface area contributed by atoms with Crippen molar-refractivity contribution in [3.8, 4) is 5.75 Å². The van der Waals surface area contributed by atoms with E-state index in [1.807, 2.05) is 18.2 Å². The smallest absolute Gasteiger partial charge is 0.270 e. The number of fused-ring (bicyclic) bond motifs is 1. The van der Waals surface area contributed by atoms with Crippen molar-refractivity contribution in [2.75, 3.05) is 39.3 Å². The molecule has 3 heterocycles. The molecule has 4 rings (SSSR count). The summed E-state index contributed by atoms with van der Waals surface area (Å²) in [4.78, 5) is 19.8. The molecular formula is C23H31F2N3O2. The predicted molar refractivity (Wildman–Crippen MR) is 113 cm³/mol. The minimum Gasteiger partial charge on any atom is -0.494 e. The summed E-state index contributed by atoms with van der Waals surface area (Å²) < 4.78 is 32.6. The molecule has 1 aromatic heterocycles. The SMILES string of the molecule is O=C(c1cc2cc(OCCCN3CCCCCC3)ccc2[nH]1)N1CCC(F)(F)CC1. The third-order valence-electron chi connectivity index (χ3n) is 6.19. The molecule has 2 saturated heterocycles. The maximum absolute atomic E-state index is 13.3. The minimum absolute atomic E-state index is 0.0899. The molecule has 1 amide bonds. The Morgan fingerprint density at radius 3 is 2.50 bits per heavy atom. The number of H-pyrrole nitrogens is 1. The van der Waals surface area contributed by atoms with Gasteiger partial charge in [0.15, 0.2) is 0 Å². The Hall–Kier alpha value is -2.15. The third-order valence-corrected chi connectivity index (χ3v) is 6.19. The van der Waals surface area contributed by atoms with E-state index in [2.05, 4.69) is 9.88 Å². The molecule has 5 nitrogen and oxygen atoms in total. The quantitative estimate of drug-likeness (QED) is 0.692. The largest absolute Gasteiger partial charge is 0.494 e. The van der Waals surface area contributed by atoms with Gasteiger partial charge in [-0.05, 0) is 56.6 Å². The van der Waals surface area contributed by atoms with Crippen molar-refractivity contribution >= 4 is 16.8 Å². The number of aromatic nitrogens is 1. The van der Waals surface area contributed by atoms with Crippen LogP contribution in [0.4, 0.5) is 8.78 Å². The monoisotopic (exact) mass is 419 g/mol. The highest BCUT2D eigenvalue weighted by molar-refractivity contribution is 5.98. The lowest BCUT2D eigenvalue weighted by molar-refractivity contribution is -0.0495. The van der Waals surface area contributed by atoms with Crippen LogP contribution in [-0.4, -0.2) is 65.9 Å². The van der Waals surface area contributed by atoms with Crippen LogP contribution in [0.15, 0.2) is 24.3 Å². The summed E-state index contributed by atoms with van der Waals surface area (Å²) in [5, 5.41) is 0.894. The van der Waals surface area contributed by atoms with E-state index in [1.165, 1.54) is 43.7 Å². The number of alkyl halides is 2. The summed E-state index contributed by atoms with van der Waals surface area (Å²) in [5.74, 6) is -2.09. The van der Waals surface area contributed by atoms with E-state index in [1.54, 1.807) is 6.07 Å². The van der Waals surface area contributed by atoms with Crippen molar-refractivity contribution in [3.63, 3.8) is 0 Å². The Balaban J connectivity index is 1.30. The summed E-state index contributed by atoms with van der Waals surface area (Å²) in [6, 6.07) is 7.52. The second-order valence-electron chi connectivity index (χ2n) is 8.54. The van der Waals surface area contributed by atoms with E-state index in [4.69, 9.17) is 4.74 Å². The molecule has 1 aromatic carbocycles. The number of amides is 1. The van der Waals surface area contributed by atoms with E-state index in [0.29, 0.717) is 12.3 Å². The van der Waals surface area contributed by atoms with E-state index >= 15 is 0 Å². The molecule has 2 aliphatic heterocycles. The zero-order valence-corrected chi connectivity index (χ0v) is 17.5. The number of likely N-dealkylation sites (tertiary alicyclic amines) is 2. The number of hydrogen-bond acceptors (Lipinski definition) is 3. The maximum Gasteiger partial charge on any atom is 0.270 e. The minimum atomic E-state index is -2.66. The van der Waals surface area contributed by atoms with Gasteiger partial charge in [-0.3, -0.25) is 4.79 Å². The molecule has 1 N–H and O–H groups in total. The van der Waals surface area contributed by atoms with E-state index < -0.39 is 5.92 Å². The Bertz CT molecular complexity index is 849. The fourth-order valence-electron chi connectivity index (χ4n) is 4.36. The first-order valence-corrected chi connectivity index (χ1v) is 11.2. The average Bonchev–Trinajstić information content (AvgIpc) is 2.98. The lowest BCUT2D eigenvalue weighted by Gasteiger charge is -2.31.